The fraction of sp³-hybridized carbons (Fsp3) is 0.357. The van der Waals surface area contributed by atoms with E-state index >= 15 is 0 Å². The van der Waals surface area contributed by atoms with E-state index in [9.17, 15) is 13.5 Å². The third-order valence-corrected chi connectivity index (χ3v) is 4.73. The smallest absolute Gasteiger partial charge is 0.232 e. The van der Waals surface area contributed by atoms with Gasteiger partial charge in [-0.05, 0) is 31.0 Å². The molecule has 1 unspecified atom stereocenters. The molecule has 2 rings (SSSR count). The molecule has 7 heteroatoms. The van der Waals surface area contributed by atoms with Crippen molar-refractivity contribution in [2.75, 3.05) is 10.5 Å². The molecule has 1 aromatic heterocycles. The zero-order valence-corrected chi connectivity index (χ0v) is 12.8. The topological polar surface area (TPSA) is 95.1 Å². The van der Waals surface area contributed by atoms with E-state index in [4.69, 9.17) is 0 Å². The lowest BCUT2D eigenvalue weighted by Crippen LogP contribution is -2.27. The number of sulfonamides is 1. The Morgan fingerprint density at radius 3 is 2.71 bits per heavy atom. The van der Waals surface area contributed by atoms with Crippen molar-refractivity contribution < 1.29 is 13.5 Å². The van der Waals surface area contributed by atoms with Gasteiger partial charge in [-0.25, -0.2) is 13.4 Å². The molecule has 1 aromatic carbocycles. The lowest BCUT2D eigenvalue weighted by molar-refractivity contribution is 0.0724. The van der Waals surface area contributed by atoms with Gasteiger partial charge in [-0.15, -0.1) is 0 Å². The van der Waals surface area contributed by atoms with Gasteiger partial charge in [-0.2, -0.15) is 0 Å². The number of aliphatic hydroxyl groups is 1. The first-order valence-corrected chi connectivity index (χ1v) is 8.39. The summed E-state index contributed by atoms with van der Waals surface area (Å²) >= 11 is 0. The summed E-state index contributed by atoms with van der Waals surface area (Å²) in [5, 5.41) is 10.9. The quantitative estimate of drug-likeness (QED) is 0.758. The highest BCUT2D eigenvalue weighted by atomic mass is 32.2. The van der Waals surface area contributed by atoms with E-state index in [0.29, 0.717) is 23.4 Å². The molecule has 0 aliphatic carbocycles. The van der Waals surface area contributed by atoms with Gasteiger partial charge < -0.3 is 10.1 Å². The number of nitrogens with one attached hydrogen (secondary N) is 2. The molecule has 0 aliphatic rings. The molecule has 0 fully saturated rings. The van der Waals surface area contributed by atoms with E-state index in [0.717, 1.165) is 0 Å². The van der Waals surface area contributed by atoms with Crippen molar-refractivity contribution in [3.05, 3.63) is 48.0 Å². The van der Waals surface area contributed by atoms with Crippen LogP contribution in [0.15, 0.2) is 36.8 Å². The van der Waals surface area contributed by atoms with Gasteiger partial charge in [0.2, 0.25) is 10.0 Å². The molecule has 3 N–H and O–H groups in total. The van der Waals surface area contributed by atoms with E-state index in [1.807, 2.05) is 6.92 Å². The SMILES string of the molecule is CCC(O)(c1cccc(NS(=O)(=O)CC)c1)c1c[nH]cn1. The van der Waals surface area contributed by atoms with Crippen LogP contribution in [0.2, 0.25) is 0 Å². The predicted octanol–water partition coefficient (Wildman–Crippen LogP) is 1.82. The molecule has 2 aromatic rings. The molecule has 1 heterocycles. The highest BCUT2D eigenvalue weighted by Crippen LogP contribution is 2.32. The van der Waals surface area contributed by atoms with Crippen LogP contribution < -0.4 is 4.72 Å². The summed E-state index contributed by atoms with van der Waals surface area (Å²) in [6, 6.07) is 6.74. The highest BCUT2D eigenvalue weighted by Gasteiger charge is 2.31. The lowest BCUT2D eigenvalue weighted by atomic mass is 9.88. The van der Waals surface area contributed by atoms with Crippen LogP contribution in [-0.2, 0) is 15.6 Å². The Morgan fingerprint density at radius 2 is 2.14 bits per heavy atom. The first-order chi connectivity index (χ1) is 9.91. The maximum atomic E-state index is 11.6. The van der Waals surface area contributed by atoms with Gasteiger partial charge in [0.1, 0.15) is 5.60 Å². The minimum Gasteiger partial charge on any atom is -0.379 e. The van der Waals surface area contributed by atoms with Crippen molar-refractivity contribution in [2.24, 2.45) is 0 Å². The van der Waals surface area contributed by atoms with Crippen molar-refractivity contribution in [3.8, 4) is 0 Å². The normalized spacial score (nSPS) is 14.6. The van der Waals surface area contributed by atoms with Crippen LogP contribution in [0.5, 0.6) is 0 Å². The second-order valence-corrected chi connectivity index (χ2v) is 6.77. The molecule has 0 saturated heterocycles. The van der Waals surface area contributed by atoms with Crippen LogP contribution in [0.25, 0.3) is 0 Å². The maximum absolute atomic E-state index is 11.6. The van der Waals surface area contributed by atoms with E-state index in [-0.39, 0.29) is 5.75 Å². The molecule has 0 aliphatic heterocycles. The fourth-order valence-corrected chi connectivity index (χ4v) is 2.74. The largest absolute Gasteiger partial charge is 0.379 e. The summed E-state index contributed by atoms with van der Waals surface area (Å²) in [6.07, 6.45) is 3.55. The lowest BCUT2D eigenvalue weighted by Gasteiger charge is -2.26. The van der Waals surface area contributed by atoms with Crippen molar-refractivity contribution in [1.29, 1.82) is 0 Å². The summed E-state index contributed by atoms with van der Waals surface area (Å²) in [7, 11) is -3.35. The number of anilines is 1. The Balaban J connectivity index is 2.40. The third kappa shape index (κ3) is 3.25. The summed E-state index contributed by atoms with van der Waals surface area (Å²) in [5.74, 6) is -0.00532. The second kappa shape index (κ2) is 5.87. The number of hydrogen-bond acceptors (Lipinski definition) is 4. The molecule has 0 bridgehead atoms. The predicted molar refractivity (Wildman–Crippen MR) is 81.4 cm³/mol. The standard InChI is InChI=1S/C14H19N3O3S/c1-3-14(18,13-9-15-10-16-13)11-6-5-7-12(8-11)17-21(19,20)4-2/h5-10,17-18H,3-4H2,1-2H3,(H,15,16). The average Bonchev–Trinajstić information content (AvgIpc) is 3.01. The van der Waals surface area contributed by atoms with Gasteiger partial charge in [0, 0.05) is 11.9 Å². The monoisotopic (exact) mass is 309 g/mol. The summed E-state index contributed by atoms with van der Waals surface area (Å²) in [6.45, 7) is 3.41. The van der Waals surface area contributed by atoms with E-state index < -0.39 is 15.6 Å². The zero-order valence-electron chi connectivity index (χ0n) is 12.0. The zero-order chi connectivity index (χ0) is 15.5. The molecule has 0 saturated carbocycles. The Hall–Kier alpha value is -1.86. The Morgan fingerprint density at radius 1 is 1.38 bits per heavy atom. The van der Waals surface area contributed by atoms with Crippen LogP contribution in [0, 0.1) is 0 Å². The van der Waals surface area contributed by atoms with Gasteiger partial charge in [0.05, 0.1) is 17.8 Å². The van der Waals surface area contributed by atoms with E-state index in [1.54, 1.807) is 37.4 Å². The number of H-pyrrole nitrogens is 1. The maximum Gasteiger partial charge on any atom is 0.232 e. The van der Waals surface area contributed by atoms with E-state index in [1.165, 1.54) is 6.33 Å². The Kier molecular flexibility index (Phi) is 4.34. The highest BCUT2D eigenvalue weighted by molar-refractivity contribution is 7.92. The summed E-state index contributed by atoms with van der Waals surface area (Å²) in [4.78, 5) is 6.93. The van der Waals surface area contributed by atoms with Gasteiger partial charge in [0.25, 0.3) is 0 Å². The van der Waals surface area contributed by atoms with Crippen LogP contribution >= 0.6 is 0 Å². The molecule has 0 radical (unpaired) electrons. The number of imidazole rings is 1. The van der Waals surface area contributed by atoms with Gasteiger partial charge in [-0.3, -0.25) is 4.72 Å². The molecule has 1 atom stereocenters. The van der Waals surface area contributed by atoms with Crippen molar-refractivity contribution in [1.82, 2.24) is 9.97 Å². The van der Waals surface area contributed by atoms with E-state index in [2.05, 4.69) is 14.7 Å². The minimum absolute atomic E-state index is 0.00532. The van der Waals surface area contributed by atoms with Crippen LogP contribution in [0.4, 0.5) is 5.69 Å². The van der Waals surface area contributed by atoms with Crippen LogP contribution in [-0.4, -0.2) is 29.2 Å². The number of rotatable bonds is 6. The molecule has 0 spiro atoms. The summed E-state index contributed by atoms with van der Waals surface area (Å²) < 4.78 is 25.8. The number of nitrogens with zero attached hydrogens (tertiary/aromatic N) is 1. The fourth-order valence-electron chi connectivity index (χ4n) is 2.11. The molecule has 0 amide bonds. The first kappa shape index (κ1) is 15.5. The first-order valence-electron chi connectivity index (χ1n) is 6.74. The Labute approximate surface area is 124 Å². The molecule has 114 valence electrons. The van der Waals surface area contributed by atoms with Gasteiger partial charge in [0.15, 0.2) is 0 Å². The third-order valence-electron chi connectivity index (χ3n) is 3.43. The summed E-state index contributed by atoms with van der Waals surface area (Å²) in [5.41, 5.74) is 0.263. The number of aromatic nitrogens is 2. The van der Waals surface area contributed by atoms with Crippen LogP contribution in [0.3, 0.4) is 0 Å². The number of benzene rings is 1. The molecule has 21 heavy (non-hydrogen) atoms. The van der Waals surface area contributed by atoms with Gasteiger partial charge >= 0.3 is 0 Å². The molecular weight excluding hydrogens is 290 g/mol. The van der Waals surface area contributed by atoms with Crippen molar-refractivity contribution >= 4 is 15.7 Å². The van der Waals surface area contributed by atoms with Crippen molar-refractivity contribution in [3.63, 3.8) is 0 Å². The number of aromatic amines is 1. The second-order valence-electron chi connectivity index (χ2n) is 4.75. The Bertz CT molecular complexity index is 698. The molecular formula is C14H19N3O3S. The molecule has 6 nitrogen and oxygen atoms in total. The number of hydrogen-bond donors (Lipinski definition) is 3. The van der Waals surface area contributed by atoms with Crippen molar-refractivity contribution in [2.45, 2.75) is 25.9 Å². The minimum atomic E-state index is -3.35. The van der Waals surface area contributed by atoms with Gasteiger partial charge in [-0.1, -0.05) is 19.1 Å². The average molecular weight is 309 g/mol. The van der Waals surface area contributed by atoms with Crippen LogP contribution in [0.1, 0.15) is 31.5 Å².